The maximum Gasteiger partial charge on any atom is 0.280 e. The number of rotatable bonds is 6. The number of aromatic amines is 1. The second kappa shape index (κ2) is 5.85. The first-order valence-electron chi connectivity index (χ1n) is 6.59. The predicted molar refractivity (Wildman–Crippen MR) is 77.2 cm³/mol. The molecule has 11 heteroatoms. The number of nitrogens with two attached hydrogens (primary N) is 1. The standard InChI is InChI=1S/C12H18FN5O5/c1-11(22,9(21)12(3-13,4-19)23-2)18-5-15-6-7(18)16-10(14)17-8(6)20/h5,9,19,21-22H,3-4H2,1-2H3,(H3,14,16,17,20)/t9-,11+,12+/m0/s1. The van der Waals surface area contributed by atoms with Crippen molar-refractivity contribution in [1.82, 2.24) is 19.5 Å². The Bertz CT molecular complexity index is 746. The molecule has 2 aromatic rings. The molecule has 2 aromatic heterocycles. The van der Waals surface area contributed by atoms with Crippen molar-refractivity contribution in [2.24, 2.45) is 0 Å². The molecule has 0 saturated carbocycles. The Balaban J connectivity index is 2.62. The van der Waals surface area contributed by atoms with Crippen molar-refractivity contribution in [3.63, 3.8) is 0 Å². The van der Waals surface area contributed by atoms with Crippen LogP contribution in [0.4, 0.5) is 10.3 Å². The van der Waals surface area contributed by atoms with Crippen molar-refractivity contribution in [2.45, 2.75) is 24.4 Å². The Labute approximate surface area is 129 Å². The number of aromatic nitrogens is 4. The van der Waals surface area contributed by atoms with Crippen LogP contribution in [0, 0.1) is 0 Å². The number of nitrogens with one attached hydrogen (secondary N) is 1. The first-order chi connectivity index (χ1) is 10.7. The van der Waals surface area contributed by atoms with Crippen LogP contribution in [0.1, 0.15) is 6.92 Å². The number of nitrogens with zero attached hydrogens (tertiary/aromatic N) is 3. The van der Waals surface area contributed by atoms with Gasteiger partial charge in [0.25, 0.3) is 5.56 Å². The van der Waals surface area contributed by atoms with Crippen LogP contribution in [-0.2, 0) is 10.5 Å². The Kier molecular flexibility index (Phi) is 4.39. The number of hydrogen-bond acceptors (Lipinski definition) is 8. The molecule has 0 aliphatic heterocycles. The van der Waals surface area contributed by atoms with Gasteiger partial charge in [0.15, 0.2) is 16.9 Å². The first-order valence-corrected chi connectivity index (χ1v) is 6.59. The molecule has 2 rings (SSSR count). The monoisotopic (exact) mass is 331 g/mol. The van der Waals surface area contributed by atoms with Gasteiger partial charge in [-0.1, -0.05) is 0 Å². The van der Waals surface area contributed by atoms with E-state index < -0.39 is 36.3 Å². The number of anilines is 1. The summed E-state index contributed by atoms with van der Waals surface area (Å²) in [6, 6.07) is 0. The van der Waals surface area contributed by atoms with E-state index in [2.05, 4.69) is 15.0 Å². The zero-order chi connectivity index (χ0) is 17.4. The number of aliphatic hydroxyl groups is 3. The van der Waals surface area contributed by atoms with Crippen LogP contribution in [0.15, 0.2) is 11.1 Å². The second-order valence-electron chi connectivity index (χ2n) is 5.30. The molecular weight excluding hydrogens is 313 g/mol. The summed E-state index contributed by atoms with van der Waals surface area (Å²) >= 11 is 0. The van der Waals surface area contributed by atoms with E-state index in [-0.39, 0.29) is 17.1 Å². The Morgan fingerprint density at radius 3 is 2.78 bits per heavy atom. The van der Waals surface area contributed by atoms with Crippen molar-refractivity contribution in [3.8, 4) is 0 Å². The number of halogens is 1. The molecule has 2 heterocycles. The van der Waals surface area contributed by atoms with Crippen molar-refractivity contribution >= 4 is 17.1 Å². The lowest BCUT2D eigenvalue weighted by atomic mass is 9.90. The molecule has 10 nitrogen and oxygen atoms in total. The van der Waals surface area contributed by atoms with Gasteiger partial charge in [0.05, 0.1) is 12.9 Å². The van der Waals surface area contributed by atoms with E-state index in [1.807, 2.05) is 0 Å². The van der Waals surface area contributed by atoms with Gasteiger partial charge in [-0.3, -0.25) is 14.3 Å². The minimum absolute atomic E-state index is 0.114. The van der Waals surface area contributed by atoms with Gasteiger partial charge in [0, 0.05) is 7.11 Å². The third kappa shape index (κ3) is 2.57. The average Bonchev–Trinajstić information content (AvgIpc) is 2.94. The number of hydrogen-bond donors (Lipinski definition) is 5. The summed E-state index contributed by atoms with van der Waals surface area (Å²) in [5.41, 5.74) is 0.319. The molecule has 0 spiro atoms. The van der Waals surface area contributed by atoms with Gasteiger partial charge >= 0.3 is 0 Å². The lowest BCUT2D eigenvalue weighted by Gasteiger charge is -2.41. The highest BCUT2D eigenvalue weighted by Crippen LogP contribution is 2.30. The SMILES string of the molecule is CO[C@@](CO)(CF)[C@@H](O)[C@@](C)(O)n1cnc2c(=O)[nH]c(N)nc21. The molecule has 128 valence electrons. The summed E-state index contributed by atoms with van der Waals surface area (Å²) in [4.78, 5) is 21.7. The maximum atomic E-state index is 13.3. The number of aliphatic hydroxyl groups excluding tert-OH is 2. The van der Waals surface area contributed by atoms with Crippen LogP contribution in [0.5, 0.6) is 0 Å². The molecule has 0 aliphatic rings. The average molecular weight is 331 g/mol. The summed E-state index contributed by atoms with van der Waals surface area (Å²) in [5.74, 6) is -0.222. The van der Waals surface area contributed by atoms with Gasteiger partial charge in [-0.05, 0) is 6.92 Å². The largest absolute Gasteiger partial charge is 0.393 e. The number of ether oxygens (including phenoxy) is 1. The van der Waals surface area contributed by atoms with Gasteiger partial charge in [0.2, 0.25) is 5.95 Å². The molecular formula is C12H18FN5O5. The minimum atomic E-state index is -2.20. The molecule has 0 bridgehead atoms. The highest BCUT2D eigenvalue weighted by molar-refractivity contribution is 5.70. The third-order valence-electron chi connectivity index (χ3n) is 3.83. The highest BCUT2D eigenvalue weighted by Gasteiger charge is 2.50. The van der Waals surface area contributed by atoms with E-state index in [9.17, 15) is 24.5 Å². The molecule has 0 radical (unpaired) electrons. The quantitative estimate of drug-likeness (QED) is 0.409. The smallest absolute Gasteiger partial charge is 0.280 e. The van der Waals surface area contributed by atoms with Crippen LogP contribution in [-0.4, -0.2) is 66.9 Å². The Hall–Kier alpha value is -2.08. The lowest BCUT2D eigenvalue weighted by molar-refractivity contribution is -0.226. The van der Waals surface area contributed by atoms with E-state index in [1.54, 1.807) is 0 Å². The maximum absolute atomic E-state index is 13.3. The summed E-state index contributed by atoms with van der Waals surface area (Å²) in [6.45, 7) is -1.02. The zero-order valence-corrected chi connectivity index (χ0v) is 12.5. The van der Waals surface area contributed by atoms with Gasteiger partial charge in [-0.25, -0.2) is 9.37 Å². The van der Waals surface area contributed by atoms with Gasteiger partial charge in [-0.15, -0.1) is 0 Å². The van der Waals surface area contributed by atoms with Crippen LogP contribution in [0.2, 0.25) is 0 Å². The highest BCUT2D eigenvalue weighted by atomic mass is 19.1. The molecule has 0 unspecified atom stereocenters. The van der Waals surface area contributed by atoms with E-state index in [1.165, 1.54) is 0 Å². The Morgan fingerprint density at radius 2 is 2.26 bits per heavy atom. The number of imidazole rings is 1. The molecule has 0 amide bonds. The fraction of sp³-hybridized carbons (Fsp3) is 0.583. The first kappa shape index (κ1) is 17.3. The fourth-order valence-corrected chi connectivity index (χ4v) is 2.32. The molecule has 23 heavy (non-hydrogen) atoms. The van der Waals surface area contributed by atoms with Crippen LogP contribution in [0.3, 0.4) is 0 Å². The molecule has 6 N–H and O–H groups in total. The second-order valence-corrected chi connectivity index (χ2v) is 5.30. The zero-order valence-electron chi connectivity index (χ0n) is 12.5. The van der Waals surface area contributed by atoms with Crippen molar-refractivity contribution in [1.29, 1.82) is 0 Å². The molecule has 0 saturated heterocycles. The number of fused-ring (bicyclic) bond motifs is 1. The van der Waals surface area contributed by atoms with Crippen LogP contribution in [0.25, 0.3) is 11.2 Å². The van der Waals surface area contributed by atoms with Crippen LogP contribution >= 0.6 is 0 Å². The number of H-pyrrole nitrogens is 1. The van der Waals surface area contributed by atoms with Gasteiger partial charge < -0.3 is 25.8 Å². The van der Waals surface area contributed by atoms with Gasteiger partial charge in [0.1, 0.15) is 18.4 Å². The molecule has 3 atom stereocenters. The summed E-state index contributed by atoms with van der Waals surface area (Å²) in [5, 5.41) is 30.4. The van der Waals surface area contributed by atoms with E-state index >= 15 is 0 Å². The summed E-state index contributed by atoms with van der Waals surface area (Å²) < 4.78 is 19.1. The molecule has 0 aromatic carbocycles. The van der Waals surface area contributed by atoms with Crippen molar-refractivity contribution in [2.75, 3.05) is 26.1 Å². The lowest BCUT2D eigenvalue weighted by Crippen LogP contribution is -2.60. The summed E-state index contributed by atoms with van der Waals surface area (Å²) in [6.07, 6.45) is -0.860. The minimum Gasteiger partial charge on any atom is -0.393 e. The van der Waals surface area contributed by atoms with Crippen molar-refractivity contribution < 1.29 is 24.4 Å². The fourth-order valence-electron chi connectivity index (χ4n) is 2.32. The number of nitrogen functional groups attached to an aromatic ring is 1. The van der Waals surface area contributed by atoms with E-state index in [0.717, 1.165) is 24.9 Å². The van der Waals surface area contributed by atoms with Gasteiger partial charge in [-0.2, -0.15) is 4.98 Å². The number of methoxy groups -OCH3 is 1. The predicted octanol–water partition coefficient (Wildman–Crippen LogP) is -1.93. The van der Waals surface area contributed by atoms with E-state index in [0.29, 0.717) is 0 Å². The number of alkyl halides is 1. The summed E-state index contributed by atoms with van der Waals surface area (Å²) in [7, 11) is 1.09. The molecule has 0 fully saturated rings. The normalized spacial score (nSPS) is 18.5. The third-order valence-corrected chi connectivity index (χ3v) is 3.83. The van der Waals surface area contributed by atoms with Crippen LogP contribution < -0.4 is 11.3 Å². The Morgan fingerprint density at radius 1 is 1.61 bits per heavy atom. The van der Waals surface area contributed by atoms with E-state index in [4.69, 9.17) is 10.5 Å². The van der Waals surface area contributed by atoms with Crippen molar-refractivity contribution in [3.05, 3.63) is 16.7 Å². The molecule has 0 aliphatic carbocycles. The topological polar surface area (TPSA) is 160 Å².